The maximum Gasteiger partial charge on any atom is 0.325 e. The summed E-state index contributed by atoms with van der Waals surface area (Å²) in [5.74, 6) is -0.615. The SMILES string of the molecule is COC(=O)Cn1c(=NC(=O)c2ccc3c(c2)OCO3)sc2cccc(F)c21. The fourth-order valence-electron chi connectivity index (χ4n) is 2.69. The van der Waals surface area contributed by atoms with E-state index in [9.17, 15) is 14.0 Å². The molecule has 1 aromatic heterocycles. The van der Waals surface area contributed by atoms with Crippen molar-refractivity contribution in [2.75, 3.05) is 13.9 Å². The predicted octanol–water partition coefficient (Wildman–Crippen LogP) is 2.48. The zero-order chi connectivity index (χ0) is 19.0. The van der Waals surface area contributed by atoms with Gasteiger partial charge in [-0.15, -0.1) is 0 Å². The van der Waals surface area contributed by atoms with Crippen molar-refractivity contribution < 1.29 is 28.2 Å². The fourth-order valence-corrected chi connectivity index (χ4v) is 3.74. The van der Waals surface area contributed by atoms with Gasteiger partial charge in [0, 0.05) is 5.56 Å². The van der Waals surface area contributed by atoms with E-state index in [0.29, 0.717) is 21.8 Å². The molecular weight excluding hydrogens is 375 g/mol. The molecule has 4 rings (SSSR count). The Kier molecular flexibility index (Phi) is 4.36. The van der Waals surface area contributed by atoms with Gasteiger partial charge in [0.1, 0.15) is 12.4 Å². The van der Waals surface area contributed by atoms with E-state index in [4.69, 9.17) is 9.47 Å². The highest BCUT2D eigenvalue weighted by molar-refractivity contribution is 7.16. The average molecular weight is 388 g/mol. The van der Waals surface area contributed by atoms with Gasteiger partial charge in [0.25, 0.3) is 5.91 Å². The van der Waals surface area contributed by atoms with Crippen molar-refractivity contribution in [3.05, 3.63) is 52.6 Å². The largest absolute Gasteiger partial charge is 0.468 e. The van der Waals surface area contributed by atoms with Gasteiger partial charge >= 0.3 is 5.97 Å². The monoisotopic (exact) mass is 388 g/mol. The number of fused-ring (bicyclic) bond motifs is 2. The maximum absolute atomic E-state index is 14.3. The van der Waals surface area contributed by atoms with Crippen LogP contribution < -0.4 is 14.3 Å². The Morgan fingerprint density at radius 3 is 2.89 bits per heavy atom. The summed E-state index contributed by atoms with van der Waals surface area (Å²) in [7, 11) is 1.24. The molecule has 0 unspecified atom stereocenters. The van der Waals surface area contributed by atoms with Crippen molar-refractivity contribution >= 4 is 33.4 Å². The van der Waals surface area contributed by atoms with E-state index in [2.05, 4.69) is 9.73 Å². The molecule has 1 aliphatic rings. The molecule has 27 heavy (non-hydrogen) atoms. The Morgan fingerprint density at radius 2 is 2.07 bits per heavy atom. The first kappa shape index (κ1) is 17.2. The molecule has 0 saturated carbocycles. The molecule has 0 atom stereocenters. The standard InChI is InChI=1S/C18H13FN2O5S/c1-24-15(22)8-21-16-11(19)3-2-4-14(16)27-18(21)20-17(23)10-5-6-12-13(7-10)26-9-25-12/h2-7H,8-9H2,1H3. The first-order valence-electron chi connectivity index (χ1n) is 7.90. The van der Waals surface area contributed by atoms with Crippen molar-refractivity contribution in [2.24, 2.45) is 4.99 Å². The maximum atomic E-state index is 14.3. The average Bonchev–Trinajstić information content (AvgIpc) is 3.26. The molecule has 0 saturated heterocycles. The molecule has 1 aliphatic heterocycles. The zero-order valence-corrected chi connectivity index (χ0v) is 14.9. The number of amides is 1. The van der Waals surface area contributed by atoms with Crippen LogP contribution in [0.15, 0.2) is 41.4 Å². The second-order valence-electron chi connectivity index (χ2n) is 5.62. The van der Waals surface area contributed by atoms with Crippen molar-refractivity contribution in [1.82, 2.24) is 4.57 Å². The lowest BCUT2D eigenvalue weighted by Crippen LogP contribution is -2.22. The number of hydrogen-bond acceptors (Lipinski definition) is 6. The molecule has 0 fully saturated rings. The predicted molar refractivity (Wildman–Crippen MR) is 94.2 cm³/mol. The van der Waals surface area contributed by atoms with Crippen molar-refractivity contribution in [2.45, 2.75) is 6.54 Å². The third-order valence-corrected chi connectivity index (χ3v) is 5.03. The van der Waals surface area contributed by atoms with Gasteiger partial charge in [-0.25, -0.2) is 4.39 Å². The number of carbonyl (C=O) groups excluding carboxylic acids is 2. The van der Waals surface area contributed by atoms with Crippen LogP contribution in [0.25, 0.3) is 10.2 Å². The third kappa shape index (κ3) is 3.17. The summed E-state index contributed by atoms with van der Waals surface area (Å²) < 4.78 is 31.4. The molecule has 2 heterocycles. The number of thiazole rings is 1. The van der Waals surface area contributed by atoms with Crippen molar-refractivity contribution in [3.63, 3.8) is 0 Å². The van der Waals surface area contributed by atoms with Crippen LogP contribution >= 0.6 is 11.3 Å². The van der Waals surface area contributed by atoms with Gasteiger partial charge in [-0.1, -0.05) is 17.4 Å². The van der Waals surface area contributed by atoms with Crippen LogP contribution in [0.2, 0.25) is 0 Å². The molecule has 9 heteroatoms. The third-order valence-electron chi connectivity index (χ3n) is 3.98. The highest BCUT2D eigenvalue weighted by Gasteiger charge is 2.18. The summed E-state index contributed by atoms with van der Waals surface area (Å²) in [6, 6.07) is 9.26. The normalized spacial score (nSPS) is 13.2. The van der Waals surface area contributed by atoms with Gasteiger partial charge in [0.2, 0.25) is 6.79 Å². The minimum atomic E-state index is -0.574. The van der Waals surface area contributed by atoms with Crippen molar-refractivity contribution in [3.8, 4) is 11.5 Å². The van der Waals surface area contributed by atoms with Crippen LogP contribution in [-0.4, -0.2) is 30.3 Å². The van der Waals surface area contributed by atoms with E-state index in [0.717, 1.165) is 11.3 Å². The summed E-state index contributed by atoms with van der Waals surface area (Å²) >= 11 is 1.11. The van der Waals surface area contributed by atoms with E-state index in [1.54, 1.807) is 24.3 Å². The number of nitrogens with zero attached hydrogens (tertiary/aromatic N) is 2. The number of carbonyl (C=O) groups is 2. The van der Waals surface area contributed by atoms with Crippen LogP contribution in [-0.2, 0) is 16.1 Å². The lowest BCUT2D eigenvalue weighted by molar-refractivity contribution is -0.141. The van der Waals surface area contributed by atoms with Crippen LogP contribution in [0, 0.1) is 5.82 Å². The van der Waals surface area contributed by atoms with Gasteiger partial charge in [-0.3, -0.25) is 9.59 Å². The van der Waals surface area contributed by atoms with Gasteiger partial charge < -0.3 is 18.8 Å². The number of para-hydroxylation sites is 1. The minimum Gasteiger partial charge on any atom is -0.468 e. The number of halogens is 1. The van der Waals surface area contributed by atoms with Gasteiger partial charge in [0.05, 0.1) is 17.3 Å². The Morgan fingerprint density at radius 1 is 1.26 bits per heavy atom. The zero-order valence-electron chi connectivity index (χ0n) is 14.1. The number of hydrogen-bond donors (Lipinski definition) is 0. The van der Waals surface area contributed by atoms with E-state index in [1.165, 1.54) is 23.8 Å². The summed E-state index contributed by atoms with van der Waals surface area (Å²) in [5.41, 5.74) is 0.493. The fraction of sp³-hybridized carbons (Fsp3) is 0.167. The first-order chi connectivity index (χ1) is 13.1. The highest BCUT2D eigenvalue weighted by atomic mass is 32.1. The van der Waals surface area contributed by atoms with Crippen LogP contribution in [0.5, 0.6) is 11.5 Å². The molecule has 0 N–H and O–H groups in total. The minimum absolute atomic E-state index is 0.0961. The van der Waals surface area contributed by atoms with Gasteiger partial charge in [-0.05, 0) is 30.3 Å². The molecule has 7 nitrogen and oxygen atoms in total. The molecule has 3 aromatic rings. The first-order valence-corrected chi connectivity index (χ1v) is 8.72. The molecule has 0 bridgehead atoms. The van der Waals surface area contributed by atoms with Crippen LogP contribution in [0.1, 0.15) is 10.4 Å². The van der Waals surface area contributed by atoms with E-state index in [1.807, 2.05) is 0 Å². The van der Waals surface area contributed by atoms with E-state index in [-0.39, 0.29) is 23.7 Å². The van der Waals surface area contributed by atoms with Crippen LogP contribution in [0.4, 0.5) is 4.39 Å². The number of methoxy groups -OCH3 is 1. The quantitative estimate of drug-likeness (QED) is 0.644. The Labute approximate surface area is 156 Å². The molecular formula is C18H13FN2O5S. The molecule has 0 aliphatic carbocycles. The lowest BCUT2D eigenvalue weighted by Gasteiger charge is -2.04. The van der Waals surface area contributed by atoms with E-state index < -0.39 is 17.7 Å². The molecule has 2 aromatic carbocycles. The molecule has 0 radical (unpaired) electrons. The molecule has 138 valence electrons. The number of ether oxygens (including phenoxy) is 3. The van der Waals surface area contributed by atoms with E-state index >= 15 is 0 Å². The highest BCUT2D eigenvalue weighted by Crippen LogP contribution is 2.32. The number of rotatable bonds is 3. The second-order valence-corrected chi connectivity index (χ2v) is 6.63. The Balaban J connectivity index is 1.82. The number of benzene rings is 2. The summed E-state index contributed by atoms with van der Waals surface area (Å²) in [6.07, 6.45) is 0. The van der Waals surface area contributed by atoms with Crippen LogP contribution in [0.3, 0.4) is 0 Å². The van der Waals surface area contributed by atoms with Crippen molar-refractivity contribution in [1.29, 1.82) is 0 Å². The smallest absolute Gasteiger partial charge is 0.325 e. The summed E-state index contributed by atoms with van der Waals surface area (Å²) in [5, 5.41) is 0. The topological polar surface area (TPSA) is 79.1 Å². The Hall–Kier alpha value is -3.20. The lowest BCUT2D eigenvalue weighted by atomic mass is 10.2. The molecule has 0 spiro atoms. The second kappa shape index (κ2) is 6.84. The number of aromatic nitrogens is 1. The summed E-state index contributed by atoms with van der Waals surface area (Å²) in [4.78, 5) is 28.6. The Bertz CT molecular complexity index is 1130. The summed E-state index contributed by atoms with van der Waals surface area (Å²) in [6.45, 7) is -0.163. The van der Waals surface area contributed by atoms with Gasteiger partial charge in [0.15, 0.2) is 16.3 Å². The molecule has 1 amide bonds. The van der Waals surface area contributed by atoms with Gasteiger partial charge in [-0.2, -0.15) is 4.99 Å². The number of esters is 1.